The van der Waals surface area contributed by atoms with E-state index in [2.05, 4.69) is 15.5 Å². The van der Waals surface area contributed by atoms with Gasteiger partial charge < -0.3 is 14.9 Å². The highest BCUT2D eigenvalue weighted by molar-refractivity contribution is 5.97. The third kappa shape index (κ3) is 3.79. The van der Waals surface area contributed by atoms with Crippen LogP contribution in [0.15, 0.2) is 28.8 Å². The van der Waals surface area contributed by atoms with E-state index in [0.29, 0.717) is 5.56 Å². The quantitative estimate of drug-likeness (QED) is 0.830. The summed E-state index contributed by atoms with van der Waals surface area (Å²) in [6.45, 7) is -0.257. The normalized spacial score (nSPS) is 17.5. The molecule has 0 radical (unpaired) electrons. The van der Waals surface area contributed by atoms with Gasteiger partial charge in [-0.15, -0.1) is 0 Å². The van der Waals surface area contributed by atoms with Crippen LogP contribution in [-0.2, 0) is 16.1 Å². The molecule has 2 heterocycles. The molecule has 1 atom stereocenters. The number of amides is 3. The monoisotopic (exact) mass is 348 g/mol. The summed E-state index contributed by atoms with van der Waals surface area (Å²) < 4.78 is 18.2. The number of nitrogens with one attached hydrogen (secondary N) is 1. The largest absolute Gasteiger partial charge is 0.481 e. The molecule has 1 aliphatic heterocycles. The van der Waals surface area contributed by atoms with Gasteiger partial charge in [0, 0.05) is 18.0 Å². The predicted molar refractivity (Wildman–Crippen MR) is 79.4 cm³/mol. The van der Waals surface area contributed by atoms with Gasteiger partial charge in [-0.25, -0.2) is 9.18 Å². The minimum absolute atomic E-state index is 0.000513. The zero-order valence-electron chi connectivity index (χ0n) is 12.8. The molecule has 0 unspecified atom stereocenters. The maximum Gasteiger partial charge on any atom is 0.324 e. The predicted octanol–water partition coefficient (Wildman–Crippen LogP) is 1.16. The van der Waals surface area contributed by atoms with Crippen LogP contribution in [0.4, 0.5) is 9.18 Å². The highest BCUT2D eigenvalue weighted by Crippen LogP contribution is 2.18. The molecule has 25 heavy (non-hydrogen) atoms. The molecule has 9 nitrogen and oxygen atoms in total. The Morgan fingerprint density at radius 3 is 2.92 bits per heavy atom. The Balaban J connectivity index is 1.70. The second-order valence-corrected chi connectivity index (χ2v) is 5.45. The number of aliphatic carboxylic acids is 1. The Kier molecular flexibility index (Phi) is 4.42. The molecule has 3 rings (SSSR count). The Labute approximate surface area is 140 Å². The molecule has 1 aromatic carbocycles. The number of carboxylic acid groups (broad SMARTS) is 1. The van der Waals surface area contributed by atoms with Crippen LogP contribution in [0.2, 0.25) is 0 Å². The lowest BCUT2D eigenvalue weighted by molar-refractivity contribution is -0.138. The molecule has 1 fully saturated rings. The molecular weight excluding hydrogens is 335 g/mol. The number of hydrogen-bond donors (Lipinski definition) is 2. The topological polar surface area (TPSA) is 126 Å². The van der Waals surface area contributed by atoms with Gasteiger partial charge in [0.2, 0.25) is 17.6 Å². The van der Waals surface area contributed by atoms with Gasteiger partial charge in [0.25, 0.3) is 0 Å². The van der Waals surface area contributed by atoms with Gasteiger partial charge in [0.05, 0.1) is 6.42 Å². The van der Waals surface area contributed by atoms with Crippen molar-refractivity contribution in [1.82, 2.24) is 20.4 Å². The van der Waals surface area contributed by atoms with E-state index in [1.807, 2.05) is 0 Å². The molecule has 1 aromatic heterocycles. The lowest BCUT2D eigenvalue weighted by Gasteiger charge is -2.29. The SMILES string of the molecule is O=C(O)C[C@H]1CC(=O)N(Cc2nc(-c3cccc(F)c3)no2)C(=O)N1. The van der Waals surface area contributed by atoms with Crippen molar-refractivity contribution >= 4 is 17.9 Å². The van der Waals surface area contributed by atoms with Crippen molar-refractivity contribution in [3.05, 3.63) is 36.0 Å². The molecule has 10 heteroatoms. The highest BCUT2D eigenvalue weighted by atomic mass is 19.1. The van der Waals surface area contributed by atoms with E-state index in [1.165, 1.54) is 18.2 Å². The lowest BCUT2D eigenvalue weighted by atomic mass is 10.1. The Morgan fingerprint density at radius 1 is 1.44 bits per heavy atom. The number of aromatic nitrogens is 2. The van der Waals surface area contributed by atoms with Crippen LogP contribution in [0.3, 0.4) is 0 Å². The zero-order valence-corrected chi connectivity index (χ0v) is 12.8. The van der Waals surface area contributed by atoms with Gasteiger partial charge in [-0.1, -0.05) is 17.3 Å². The molecule has 2 N–H and O–H groups in total. The van der Waals surface area contributed by atoms with Crippen molar-refractivity contribution in [2.24, 2.45) is 0 Å². The van der Waals surface area contributed by atoms with E-state index in [4.69, 9.17) is 9.63 Å². The van der Waals surface area contributed by atoms with E-state index >= 15 is 0 Å². The Bertz CT molecular complexity index is 819. The molecule has 2 aromatic rings. The fourth-order valence-corrected chi connectivity index (χ4v) is 2.43. The Morgan fingerprint density at radius 2 is 2.24 bits per heavy atom. The molecule has 1 saturated heterocycles. The first kappa shape index (κ1) is 16.6. The van der Waals surface area contributed by atoms with Crippen LogP contribution in [0.5, 0.6) is 0 Å². The molecule has 0 spiro atoms. The van der Waals surface area contributed by atoms with Gasteiger partial charge >= 0.3 is 12.0 Å². The van der Waals surface area contributed by atoms with E-state index < -0.39 is 29.8 Å². The highest BCUT2D eigenvalue weighted by Gasteiger charge is 2.34. The van der Waals surface area contributed by atoms with Crippen molar-refractivity contribution < 1.29 is 28.4 Å². The number of rotatable bonds is 5. The van der Waals surface area contributed by atoms with Crippen LogP contribution >= 0.6 is 0 Å². The van der Waals surface area contributed by atoms with Crippen LogP contribution < -0.4 is 5.32 Å². The van der Waals surface area contributed by atoms with Gasteiger partial charge in [-0.3, -0.25) is 14.5 Å². The average molecular weight is 348 g/mol. The van der Waals surface area contributed by atoms with Gasteiger partial charge in [-0.2, -0.15) is 4.98 Å². The minimum atomic E-state index is -1.11. The summed E-state index contributed by atoms with van der Waals surface area (Å²) >= 11 is 0. The maximum absolute atomic E-state index is 13.2. The van der Waals surface area contributed by atoms with Gasteiger partial charge in [0.15, 0.2) is 0 Å². The van der Waals surface area contributed by atoms with Crippen LogP contribution in [0.1, 0.15) is 18.7 Å². The molecule has 0 aliphatic carbocycles. The van der Waals surface area contributed by atoms with Crippen LogP contribution in [-0.4, -0.2) is 44.1 Å². The summed E-state index contributed by atoms with van der Waals surface area (Å²) in [7, 11) is 0. The number of nitrogens with zero attached hydrogens (tertiary/aromatic N) is 3. The van der Waals surface area contributed by atoms with E-state index in [1.54, 1.807) is 6.07 Å². The first-order valence-corrected chi connectivity index (χ1v) is 7.33. The van der Waals surface area contributed by atoms with Crippen molar-refractivity contribution in [2.45, 2.75) is 25.4 Å². The molecule has 3 amide bonds. The number of urea groups is 1. The van der Waals surface area contributed by atoms with E-state index in [9.17, 15) is 18.8 Å². The lowest BCUT2D eigenvalue weighted by Crippen LogP contribution is -2.54. The summed E-state index contributed by atoms with van der Waals surface area (Å²) in [6.07, 6.45) is -0.474. The summed E-state index contributed by atoms with van der Waals surface area (Å²) in [6, 6.07) is 4.10. The molecule has 130 valence electrons. The molecule has 0 saturated carbocycles. The first-order chi connectivity index (χ1) is 11.9. The second-order valence-electron chi connectivity index (χ2n) is 5.45. The third-order valence-electron chi connectivity index (χ3n) is 3.56. The summed E-state index contributed by atoms with van der Waals surface area (Å²) in [4.78, 5) is 39.6. The van der Waals surface area contributed by atoms with Crippen molar-refractivity contribution in [1.29, 1.82) is 0 Å². The van der Waals surface area contributed by atoms with Gasteiger partial charge in [-0.05, 0) is 12.1 Å². The molecule has 0 bridgehead atoms. The number of hydrogen-bond acceptors (Lipinski definition) is 6. The minimum Gasteiger partial charge on any atom is -0.481 e. The van der Waals surface area contributed by atoms with Crippen LogP contribution in [0.25, 0.3) is 11.4 Å². The summed E-state index contributed by atoms with van der Waals surface area (Å²) in [5.74, 6) is -1.98. The number of benzene rings is 1. The number of carbonyl (C=O) groups excluding carboxylic acids is 2. The molecule has 1 aliphatic rings. The van der Waals surface area contributed by atoms with E-state index in [0.717, 1.165) is 4.90 Å². The van der Waals surface area contributed by atoms with Crippen molar-refractivity contribution in [2.75, 3.05) is 0 Å². The summed E-state index contributed by atoms with van der Waals surface area (Å²) in [5, 5.41) is 14.9. The summed E-state index contributed by atoms with van der Waals surface area (Å²) in [5.41, 5.74) is 0.394. The fourth-order valence-electron chi connectivity index (χ4n) is 2.43. The number of halogens is 1. The standard InChI is InChI=1S/C15H13FN4O5/c16-9-3-1-2-8(4-9)14-18-11(25-19-14)7-20-12(21)5-10(6-13(22)23)17-15(20)24/h1-4,10H,5-7H2,(H,17,24)(H,22,23)/t10-/m1/s1. The third-order valence-corrected chi connectivity index (χ3v) is 3.56. The molecular formula is C15H13FN4O5. The number of carboxylic acids is 1. The number of carbonyl (C=O) groups is 3. The number of imide groups is 1. The van der Waals surface area contributed by atoms with Crippen molar-refractivity contribution in [3.63, 3.8) is 0 Å². The first-order valence-electron chi connectivity index (χ1n) is 7.33. The zero-order chi connectivity index (χ0) is 18.0. The fraction of sp³-hybridized carbons (Fsp3) is 0.267. The van der Waals surface area contributed by atoms with Crippen LogP contribution in [0, 0.1) is 5.82 Å². The second kappa shape index (κ2) is 6.67. The Hall–Kier alpha value is -3.30. The van der Waals surface area contributed by atoms with E-state index in [-0.39, 0.29) is 31.1 Å². The average Bonchev–Trinajstić information content (AvgIpc) is 2.99. The smallest absolute Gasteiger partial charge is 0.324 e. The van der Waals surface area contributed by atoms with Gasteiger partial charge in [0.1, 0.15) is 12.4 Å². The maximum atomic E-state index is 13.2. The van der Waals surface area contributed by atoms with Crippen molar-refractivity contribution in [3.8, 4) is 11.4 Å².